The van der Waals surface area contributed by atoms with E-state index in [0.29, 0.717) is 56.5 Å². The number of sulfonamides is 1. The third-order valence-electron chi connectivity index (χ3n) is 3.66. The van der Waals surface area contributed by atoms with Gasteiger partial charge in [0, 0.05) is 18.3 Å². The molecule has 0 saturated heterocycles. The predicted molar refractivity (Wildman–Crippen MR) is 95.6 cm³/mol. The van der Waals surface area contributed by atoms with Crippen molar-refractivity contribution in [2.45, 2.75) is 13.3 Å². The van der Waals surface area contributed by atoms with Crippen LogP contribution in [0.1, 0.15) is 13.3 Å². The molecule has 8 nitrogen and oxygen atoms in total. The van der Waals surface area contributed by atoms with Crippen molar-refractivity contribution in [3.63, 3.8) is 0 Å². The van der Waals surface area contributed by atoms with Crippen molar-refractivity contribution < 1.29 is 22.7 Å². The number of ether oxygens (including phenoxy) is 2. The minimum absolute atomic E-state index is 0.130. The van der Waals surface area contributed by atoms with Crippen molar-refractivity contribution in [2.75, 3.05) is 51.0 Å². The minimum Gasteiger partial charge on any atom is -0.486 e. The molecular weight excluding hydrogens is 346 g/mol. The summed E-state index contributed by atoms with van der Waals surface area (Å²) < 4.78 is 35.4. The number of nitrogens with one attached hydrogen (secondary N) is 2. The Hall–Kier alpha value is -1.84. The maximum atomic E-state index is 12.2. The topological polar surface area (TPSA) is 97.0 Å². The molecule has 1 aromatic rings. The Kier molecular flexibility index (Phi) is 7.03. The van der Waals surface area contributed by atoms with E-state index in [1.54, 1.807) is 18.2 Å². The summed E-state index contributed by atoms with van der Waals surface area (Å²) >= 11 is 0. The van der Waals surface area contributed by atoms with E-state index in [0.717, 1.165) is 6.26 Å². The van der Waals surface area contributed by atoms with Crippen LogP contribution in [0, 0.1) is 0 Å². The highest BCUT2D eigenvalue weighted by molar-refractivity contribution is 7.88. The molecule has 0 atom stereocenters. The van der Waals surface area contributed by atoms with Gasteiger partial charge in [-0.1, -0.05) is 6.92 Å². The van der Waals surface area contributed by atoms with Gasteiger partial charge in [-0.3, -0.25) is 9.69 Å². The highest BCUT2D eigenvalue weighted by Crippen LogP contribution is 2.32. The first-order valence-electron chi connectivity index (χ1n) is 8.24. The number of anilines is 1. The summed E-state index contributed by atoms with van der Waals surface area (Å²) in [4.78, 5) is 14.2. The van der Waals surface area contributed by atoms with Crippen LogP contribution in [0.3, 0.4) is 0 Å². The molecule has 0 aliphatic carbocycles. The molecule has 1 amide bonds. The van der Waals surface area contributed by atoms with Crippen LogP contribution in [0.2, 0.25) is 0 Å². The van der Waals surface area contributed by atoms with Gasteiger partial charge in [-0.05, 0) is 31.6 Å². The largest absolute Gasteiger partial charge is 0.486 e. The van der Waals surface area contributed by atoms with Crippen molar-refractivity contribution in [3.8, 4) is 11.5 Å². The van der Waals surface area contributed by atoms with Gasteiger partial charge in [-0.2, -0.15) is 0 Å². The smallest absolute Gasteiger partial charge is 0.238 e. The number of amides is 1. The molecule has 9 heteroatoms. The lowest BCUT2D eigenvalue weighted by atomic mass is 10.2. The normalized spacial score (nSPS) is 13.7. The van der Waals surface area contributed by atoms with Crippen LogP contribution >= 0.6 is 0 Å². The third-order valence-corrected chi connectivity index (χ3v) is 4.38. The molecule has 0 fully saturated rings. The average molecular weight is 371 g/mol. The van der Waals surface area contributed by atoms with E-state index in [9.17, 15) is 13.2 Å². The number of nitrogens with zero attached hydrogens (tertiary/aromatic N) is 1. The third kappa shape index (κ3) is 6.89. The summed E-state index contributed by atoms with van der Waals surface area (Å²) in [7, 11) is -3.17. The Morgan fingerprint density at radius 1 is 1.24 bits per heavy atom. The zero-order chi connectivity index (χ0) is 18.3. The Morgan fingerprint density at radius 3 is 2.64 bits per heavy atom. The Balaban J connectivity index is 1.79. The molecule has 140 valence electrons. The molecule has 1 aliphatic heterocycles. The van der Waals surface area contributed by atoms with Gasteiger partial charge >= 0.3 is 0 Å². The number of carbonyl (C=O) groups is 1. The van der Waals surface area contributed by atoms with Gasteiger partial charge in [0.05, 0.1) is 12.8 Å². The van der Waals surface area contributed by atoms with E-state index < -0.39 is 10.0 Å². The lowest BCUT2D eigenvalue weighted by Gasteiger charge is -2.21. The fourth-order valence-electron chi connectivity index (χ4n) is 2.43. The van der Waals surface area contributed by atoms with Crippen LogP contribution in [-0.4, -0.2) is 64.9 Å². The van der Waals surface area contributed by atoms with Crippen LogP contribution < -0.4 is 19.5 Å². The highest BCUT2D eigenvalue weighted by atomic mass is 32.2. The zero-order valence-corrected chi connectivity index (χ0v) is 15.4. The van der Waals surface area contributed by atoms with Gasteiger partial charge in [-0.15, -0.1) is 0 Å². The van der Waals surface area contributed by atoms with Crippen molar-refractivity contribution >= 4 is 21.6 Å². The second kappa shape index (κ2) is 9.02. The summed E-state index contributed by atoms with van der Waals surface area (Å²) in [6.45, 7) is 4.92. The van der Waals surface area contributed by atoms with Crippen LogP contribution in [0.25, 0.3) is 0 Å². The first kappa shape index (κ1) is 19.5. The van der Waals surface area contributed by atoms with Gasteiger partial charge in [0.2, 0.25) is 15.9 Å². The minimum atomic E-state index is -3.17. The highest BCUT2D eigenvalue weighted by Gasteiger charge is 2.14. The SMILES string of the molecule is CCN(CCCNS(C)(=O)=O)CC(=O)Nc1ccc2c(c1)OCCO2. The summed E-state index contributed by atoms with van der Waals surface area (Å²) in [5.74, 6) is 1.18. The predicted octanol–water partition coefficient (Wildman–Crippen LogP) is 0.657. The maximum absolute atomic E-state index is 12.2. The van der Waals surface area contributed by atoms with Gasteiger partial charge in [-0.25, -0.2) is 13.1 Å². The molecular formula is C16H25N3O5S. The molecule has 0 radical (unpaired) electrons. The molecule has 0 saturated carbocycles. The molecule has 0 aromatic heterocycles. The zero-order valence-electron chi connectivity index (χ0n) is 14.6. The lowest BCUT2D eigenvalue weighted by Crippen LogP contribution is -2.35. The van der Waals surface area contributed by atoms with Crippen LogP contribution in [-0.2, 0) is 14.8 Å². The van der Waals surface area contributed by atoms with E-state index in [1.807, 2.05) is 11.8 Å². The molecule has 0 spiro atoms. The molecule has 25 heavy (non-hydrogen) atoms. The first-order valence-corrected chi connectivity index (χ1v) is 10.1. The molecule has 2 rings (SSSR count). The van der Waals surface area contributed by atoms with Crippen LogP contribution in [0.4, 0.5) is 5.69 Å². The summed E-state index contributed by atoms with van der Waals surface area (Å²) in [5, 5.41) is 2.84. The molecule has 0 bridgehead atoms. The van der Waals surface area contributed by atoms with Gasteiger partial charge < -0.3 is 14.8 Å². The number of benzene rings is 1. The number of rotatable bonds is 9. The van der Waals surface area contributed by atoms with Crippen LogP contribution in [0.15, 0.2) is 18.2 Å². The van der Waals surface area contributed by atoms with Crippen molar-refractivity contribution in [3.05, 3.63) is 18.2 Å². The summed E-state index contributed by atoms with van der Waals surface area (Å²) in [6.07, 6.45) is 1.77. The number of carbonyl (C=O) groups excluding carboxylic acids is 1. The second-order valence-corrected chi connectivity index (χ2v) is 7.63. The Labute approximate surface area is 148 Å². The van der Waals surface area contributed by atoms with Crippen molar-refractivity contribution in [1.82, 2.24) is 9.62 Å². The number of fused-ring (bicyclic) bond motifs is 1. The van der Waals surface area contributed by atoms with Crippen molar-refractivity contribution in [1.29, 1.82) is 0 Å². The molecule has 1 aromatic carbocycles. The van der Waals surface area contributed by atoms with Crippen molar-refractivity contribution in [2.24, 2.45) is 0 Å². The van der Waals surface area contributed by atoms with E-state index in [-0.39, 0.29) is 12.5 Å². The number of likely N-dealkylation sites (N-methyl/N-ethyl adjacent to an activating group) is 1. The van der Waals surface area contributed by atoms with E-state index >= 15 is 0 Å². The fourth-order valence-corrected chi connectivity index (χ4v) is 2.95. The molecule has 0 unspecified atom stereocenters. The monoisotopic (exact) mass is 371 g/mol. The van der Waals surface area contributed by atoms with E-state index in [4.69, 9.17) is 9.47 Å². The first-order chi connectivity index (χ1) is 11.9. The quantitative estimate of drug-likeness (QED) is 0.619. The average Bonchev–Trinajstić information content (AvgIpc) is 2.56. The van der Waals surface area contributed by atoms with Gasteiger partial charge in [0.15, 0.2) is 11.5 Å². The summed E-state index contributed by atoms with van der Waals surface area (Å²) in [5.41, 5.74) is 0.657. The van der Waals surface area contributed by atoms with Gasteiger partial charge in [0.25, 0.3) is 0 Å². The fraction of sp³-hybridized carbons (Fsp3) is 0.562. The second-order valence-electron chi connectivity index (χ2n) is 5.80. The molecule has 1 aliphatic rings. The molecule has 2 N–H and O–H groups in total. The Morgan fingerprint density at radius 2 is 1.96 bits per heavy atom. The Bertz CT molecular complexity index is 693. The number of hydrogen-bond acceptors (Lipinski definition) is 6. The van der Waals surface area contributed by atoms with E-state index in [2.05, 4.69) is 10.0 Å². The van der Waals surface area contributed by atoms with Crippen LogP contribution in [0.5, 0.6) is 11.5 Å². The number of hydrogen-bond donors (Lipinski definition) is 2. The maximum Gasteiger partial charge on any atom is 0.238 e. The van der Waals surface area contributed by atoms with E-state index in [1.165, 1.54) is 0 Å². The molecule has 1 heterocycles. The standard InChI is InChI=1S/C16H25N3O5S/c1-3-19(8-4-7-17-25(2,21)22)12-16(20)18-13-5-6-14-15(11-13)24-10-9-23-14/h5-6,11,17H,3-4,7-10,12H2,1-2H3,(H,18,20). The lowest BCUT2D eigenvalue weighted by molar-refractivity contribution is -0.117. The van der Waals surface area contributed by atoms with Gasteiger partial charge in [0.1, 0.15) is 13.2 Å². The summed E-state index contributed by atoms with van der Waals surface area (Å²) in [6, 6.07) is 5.30.